The lowest BCUT2D eigenvalue weighted by Gasteiger charge is -2.08. The van der Waals surface area contributed by atoms with Crippen molar-refractivity contribution in [1.29, 1.82) is 0 Å². The summed E-state index contributed by atoms with van der Waals surface area (Å²) in [5.74, 6) is 0. The van der Waals surface area contributed by atoms with E-state index in [1.807, 2.05) is 4.98 Å². The monoisotopic (exact) mass is 262 g/mol. The summed E-state index contributed by atoms with van der Waals surface area (Å²) < 4.78 is 38.1. The SMILES string of the molecule is O=c1[nH]c(=O)n(S)c2ccc(C(F)(F)F)cc12. The van der Waals surface area contributed by atoms with E-state index in [9.17, 15) is 22.8 Å². The Morgan fingerprint density at radius 3 is 2.47 bits per heavy atom. The van der Waals surface area contributed by atoms with Crippen molar-refractivity contribution in [2.24, 2.45) is 0 Å². The standard InChI is InChI=1S/C9H5F3N2O2S/c10-9(11,12)4-1-2-6-5(3-4)7(15)13-8(16)14(6)17/h1-3,17H,(H,13,15,16). The second-order valence-electron chi connectivity index (χ2n) is 3.30. The summed E-state index contributed by atoms with van der Waals surface area (Å²) >= 11 is 3.77. The first kappa shape index (κ1) is 11.8. The van der Waals surface area contributed by atoms with Gasteiger partial charge in [-0.1, -0.05) is 12.8 Å². The summed E-state index contributed by atoms with van der Waals surface area (Å²) in [6, 6.07) is 2.50. The highest BCUT2D eigenvalue weighted by Gasteiger charge is 2.30. The molecule has 4 nitrogen and oxygen atoms in total. The zero-order valence-electron chi connectivity index (χ0n) is 8.08. The Kier molecular flexibility index (Phi) is 2.53. The van der Waals surface area contributed by atoms with Crippen LogP contribution in [0.4, 0.5) is 13.2 Å². The van der Waals surface area contributed by atoms with E-state index in [-0.39, 0.29) is 10.9 Å². The van der Waals surface area contributed by atoms with Gasteiger partial charge in [0.2, 0.25) is 0 Å². The van der Waals surface area contributed by atoms with Gasteiger partial charge in [-0.05, 0) is 18.2 Å². The van der Waals surface area contributed by atoms with Gasteiger partial charge < -0.3 is 0 Å². The maximum Gasteiger partial charge on any atom is 0.416 e. The van der Waals surface area contributed by atoms with E-state index >= 15 is 0 Å². The summed E-state index contributed by atoms with van der Waals surface area (Å²) in [5.41, 5.74) is -2.61. The Morgan fingerprint density at radius 1 is 1.24 bits per heavy atom. The predicted octanol–water partition coefficient (Wildman–Crippen LogP) is 1.40. The van der Waals surface area contributed by atoms with Crippen LogP contribution in [0.2, 0.25) is 0 Å². The molecule has 0 radical (unpaired) electrons. The molecule has 1 heterocycles. The van der Waals surface area contributed by atoms with Gasteiger partial charge >= 0.3 is 11.9 Å². The number of alkyl halides is 3. The van der Waals surface area contributed by atoms with Crippen LogP contribution in [0.3, 0.4) is 0 Å². The van der Waals surface area contributed by atoms with Crippen molar-refractivity contribution in [3.63, 3.8) is 0 Å². The van der Waals surface area contributed by atoms with E-state index in [2.05, 4.69) is 12.8 Å². The third-order valence-corrected chi connectivity index (χ3v) is 2.61. The van der Waals surface area contributed by atoms with Crippen molar-refractivity contribution in [3.05, 3.63) is 44.6 Å². The molecule has 0 aliphatic heterocycles. The molecule has 17 heavy (non-hydrogen) atoms. The molecule has 0 saturated carbocycles. The molecule has 0 aliphatic carbocycles. The zero-order valence-corrected chi connectivity index (χ0v) is 8.97. The summed E-state index contributed by atoms with van der Waals surface area (Å²) in [4.78, 5) is 24.4. The van der Waals surface area contributed by atoms with Gasteiger partial charge in [0.05, 0.1) is 16.5 Å². The molecule has 8 heteroatoms. The maximum atomic E-state index is 12.4. The lowest BCUT2D eigenvalue weighted by Crippen LogP contribution is -2.26. The average Bonchev–Trinajstić information content (AvgIpc) is 2.24. The quantitative estimate of drug-likeness (QED) is 0.705. The fourth-order valence-electron chi connectivity index (χ4n) is 1.41. The van der Waals surface area contributed by atoms with Crippen molar-refractivity contribution < 1.29 is 13.2 Å². The highest BCUT2D eigenvalue weighted by molar-refractivity contribution is 7.78. The minimum absolute atomic E-state index is 0.0232. The fraction of sp³-hybridized carbons (Fsp3) is 0.111. The smallest absolute Gasteiger partial charge is 0.273 e. The average molecular weight is 262 g/mol. The van der Waals surface area contributed by atoms with E-state index < -0.39 is 23.0 Å². The van der Waals surface area contributed by atoms with Gasteiger partial charge in [-0.15, -0.1) is 0 Å². The minimum atomic E-state index is -4.54. The number of H-pyrrole nitrogens is 1. The van der Waals surface area contributed by atoms with Crippen molar-refractivity contribution in [2.75, 3.05) is 0 Å². The molecule has 0 atom stereocenters. The molecular weight excluding hydrogens is 257 g/mol. The van der Waals surface area contributed by atoms with Crippen molar-refractivity contribution >= 4 is 23.7 Å². The number of hydrogen-bond acceptors (Lipinski definition) is 3. The van der Waals surface area contributed by atoms with Crippen LogP contribution in [-0.2, 0) is 6.18 Å². The highest BCUT2D eigenvalue weighted by atomic mass is 32.1. The highest BCUT2D eigenvalue weighted by Crippen LogP contribution is 2.30. The molecule has 90 valence electrons. The van der Waals surface area contributed by atoms with Crippen LogP contribution in [-0.4, -0.2) is 8.96 Å². The van der Waals surface area contributed by atoms with E-state index in [0.717, 1.165) is 16.1 Å². The van der Waals surface area contributed by atoms with Crippen molar-refractivity contribution in [1.82, 2.24) is 8.96 Å². The largest absolute Gasteiger partial charge is 0.416 e. The number of halogens is 3. The Labute approximate surface area is 97.2 Å². The van der Waals surface area contributed by atoms with Gasteiger partial charge in [0, 0.05) is 0 Å². The number of aromatic amines is 1. The molecule has 0 fully saturated rings. The zero-order chi connectivity index (χ0) is 12.8. The summed E-state index contributed by atoms with van der Waals surface area (Å²) in [5, 5.41) is -0.241. The van der Waals surface area contributed by atoms with E-state index in [4.69, 9.17) is 0 Å². The van der Waals surface area contributed by atoms with Crippen LogP contribution in [0.15, 0.2) is 27.8 Å². The van der Waals surface area contributed by atoms with E-state index in [1.165, 1.54) is 0 Å². The lowest BCUT2D eigenvalue weighted by molar-refractivity contribution is -0.137. The normalized spacial score (nSPS) is 12.0. The molecule has 0 aliphatic rings. The van der Waals surface area contributed by atoms with Crippen LogP contribution in [0.25, 0.3) is 10.9 Å². The molecule has 2 rings (SSSR count). The number of benzene rings is 1. The number of rotatable bonds is 0. The second kappa shape index (κ2) is 3.66. The Hall–Kier alpha value is -1.70. The molecule has 0 saturated heterocycles. The van der Waals surface area contributed by atoms with Gasteiger partial charge in [-0.2, -0.15) is 13.2 Å². The topological polar surface area (TPSA) is 54.9 Å². The maximum absolute atomic E-state index is 12.4. The second-order valence-corrected chi connectivity index (χ2v) is 3.70. The molecule has 1 aromatic carbocycles. The van der Waals surface area contributed by atoms with Gasteiger partial charge in [-0.25, -0.2) is 8.77 Å². The summed E-state index contributed by atoms with van der Waals surface area (Å²) in [6.45, 7) is 0. The van der Waals surface area contributed by atoms with Crippen LogP contribution >= 0.6 is 12.8 Å². The first-order valence-electron chi connectivity index (χ1n) is 4.36. The summed E-state index contributed by atoms with van der Waals surface area (Å²) in [7, 11) is 0. The number of hydrogen-bond donors (Lipinski definition) is 2. The van der Waals surface area contributed by atoms with Gasteiger partial charge in [0.25, 0.3) is 5.56 Å². The third-order valence-electron chi connectivity index (χ3n) is 2.21. The number of nitrogens with zero attached hydrogens (tertiary/aromatic N) is 1. The molecule has 0 amide bonds. The minimum Gasteiger partial charge on any atom is -0.273 e. The fourth-order valence-corrected chi connectivity index (χ4v) is 1.63. The van der Waals surface area contributed by atoms with Crippen LogP contribution in [0, 0.1) is 0 Å². The van der Waals surface area contributed by atoms with Crippen LogP contribution in [0.5, 0.6) is 0 Å². The first-order valence-corrected chi connectivity index (χ1v) is 4.76. The van der Waals surface area contributed by atoms with Crippen molar-refractivity contribution in [3.8, 4) is 0 Å². The predicted molar refractivity (Wildman–Crippen MR) is 58.2 cm³/mol. The van der Waals surface area contributed by atoms with E-state index in [1.54, 1.807) is 0 Å². The molecule has 2 aromatic rings. The van der Waals surface area contributed by atoms with Gasteiger partial charge in [-0.3, -0.25) is 9.78 Å². The molecule has 1 N–H and O–H groups in total. The number of thiol groups is 1. The van der Waals surface area contributed by atoms with Crippen LogP contribution < -0.4 is 11.2 Å². The molecule has 0 spiro atoms. The molecule has 0 bridgehead atoms. The number of nitrogens with one attached hydrogen (secondary N) is 1. The Balaban J connectivity index is 2.89. The molecular formula is C9H5F3N2O2S. The molecule has 1 aromatic heterocycles. The van der Waals surface area contributed by atoms with Gasteiger partial charge in [0.1, 0.15) is 0 Å². The Morgan fingerprint density at radius 2 is 1.88 bits per heavy atom. The lowest BCUT2D eigenvalue weighted by atomic mass is 10.1. The van der Waals surface area contributed by atoms with Crippen LogP contribution in [0.1, 0.15) is 5.56 Å². The van der Waals surface area contributed by atoms with Crippen molar-refractivity contribution in [2.45, 2.75) is 6.18 Å². The number of aromatic nitrogens is 2. The van der Waals surface area contributed by atoms with Gasteiger partial charge in [0.15, 0.2) is 0 Å². The molecule has 0 unspecified atom stereocenters. The number of fused-ring (bicyclic) bond motifs is 1. The van der Waals surface area contributed by atoms with E-state index in [0.29, 0.717) is 6.07 Å². The summed E-state index contributed by atoms with van der Waals surface area (Å²) in [6.07, 6.45) is -4.54. The third kappa shape index (κ3) is 1.95. The Bertz CT molecular complexity index is 702. The first-order chi connectivity index (χ1) is 7.80.